The van der Waals surface area contributed by atoms with Crippen LogP contribution < -0.4 is 0 Å². The Bertz CT molecular complexity index is 67.1. The highest BCUT2D eigenvalue weighted by atomic mass is 15.1. The van der Waals surface area contributed by atoms with Crippen molar-refractivity contribution in [2.45, 2.75) is 34.1 Å². The monoisotopic (exact) mass is 143 g/mol. The molecule has 0 fully saturated rings. The van der Waals surface area contributed by atoms with E-state index in [1.165, 1.54) is 26.1 Å². The third-order valence-corrected chi connectivity index (χ3v) is 2.16. The average molecular weight is 143 g/mol. The van der Waals surface area contributed by atoms with Crippen LogP contribution in [0.3, 0.4) is 0 Å². The van der Waals surface area contributed by atoms with Gasteiger partial charge in [0.05, 0.1) is 0 Å². The summed E-state index contributed by atoms with van der Waals surface area (Å²) in [5, 5.41) is 0. The Hall–Kier alpha value is -0.0400. The van der Waals surface area contributed by atoms with E-state index < -0.39 is 0 Å². The van der Waals surface area contributed by atoms with Gasteiger partial charge < -0.3 is 4.90 Å². The van der Waals surface area contributed by atoms with Crippen molar-refractivity contribution in [3.63, 3.8) is 0 Å². The highest BCUT2D eigenvalue weighted by Crippen LogP contribution is 2.02. The molecule has 0 saturated heterocycles. The predicted molar refractivity (Wildman–Crippen MR) is 47.2 cm³/mol. The number of nitrogens with zero attached hydrogens (tertiary/aromatic N) is 1. The molecule has 0 unspecified atom stereocenters. The molecule has 0 aromatic rings. The highest BCUT2D eigenvalue weighted by molar-refractivity contribution is 4.57. The molecule has 1 nitrogen and oxygen atoms in total. The summed E-state index contributed by atoms with van der Waals surface area (Å²) in [5.74, 6) is 0.861. The zero-order valence-corrected chi connectivity index (χ0v) is 7.85. The quantitative estimate of drug-likeness (QED) is 0.571. The van der Waals surface area contributed by atoms with Crippen LogP contribution in [0.25, 0.3) is 0 Å². The van der Waals surface area contributed by atoms with Crippen molar-refractivity contribution in [2.75, 3.05) is 19.6 Å². The lowest BCUT2D eigenvalue weighted by molar-refractivity contribution is 0.258. The van der Waals surface area contributed by atoms with Crippen LogP contribution in [0.4, 0.5) is 0 Å². The third-order valence-electron chi connectivity index (χ3n) is 2.16. The smallest absolute Gasteiger partial charge is 0.000668 e. The Kier molecular flexibility index (Phi) is 5.70. The molecule has 1 atom stereocenters. The molecule has 1 heteroatoms. The van der Waals surface area contributed by atoms with Crippen molar-refractivity contribution < 1.29 is 0 Å². The van der Waals surface area contributed by atoms with Crippen LogP contribution in [0, 0.1) is 5.92 Å². The average Bonchev–Trinajstić information content (AvgIpc) is 1.99. The van der Waals surface area contributed by atoms with Crippen LogP contribution >= 0.6 is 0 Å². The van der Waals surface area contributed by atoms with Crippen molar-refractivity contribution in [3.05, 3.63) is 0 Å². The standard InChI is InChI=1S/C9H21N/c1-5-9(4)8-10(6-2)7-3/h9H,5-8H2,1-4H3/t9-/m0/s1. The van der Waals surface area contributed by atoms with Crippen LogP contribution in [-0.4, -0.2) is 24.5 Å². The minimum Gasteiger partial charge on any atom is -0.304 e. The predicted octanol–water partition coefficient (Wildman–Crippen LogP) is 2.37. The fourth-order valence-electron chi connectivity index (χ4n) is 1.05. The molecule has 0 aliphatic heterocycles. The summed E-state index contributed by atoms with van der Waals surface area (Å²) >= 11 is 0. The molecular weight excluding hydrogens is 122 g/mol. The summed E-state index contributed by atoms with van der Waals surface area (Å²) in [6.45, 7) is 12.7. The molecule has 0 amide bonds. The Labute approximate surface area is 65.4 Å². The summed E-state index contributed by atoms with van der Waals surface area (Å²) in [4.78, 5) is 2.48. The first-order valence-corrected chi connectivity index (χ1v) is 4.46. The Morgan fingerprint density at radius 2 is 1.60 bits per heavy atom. The molecule has 0 aliphatic carbocycles. The van der Waals surface area contributed by atoms with Gasteiger partial charge in [-0.25, -0.2) is 0 Å². The summed E-state index contributed by atoms with van der Waals surface area (Å²) < 4.78 is 0. The molecule has 0 saturated carbocycles. The molecule has 0 bridgehead atoms. The van der Waals surface area contributed by atoms with Gasteiger partial charge in [-0.05, 0) is 19.0 Å². The largest absolute Gasteiger partial charge is 0.304 e. The number of hydrogen-bond acceptors (Lipinski definition) is 1. The SMILES string of the molecule is CC[C@H](C)CN(CC)CC. The Morgan fingerprint density at radius 3 is 1.90 bits per heavy atom. The lowest BCUT2D eigenvalue weighted by Crippen LogP contribution is -2.27. The first kappa shape index (κ1) is 9.96. The maximum absolute atomic E-state index is 2.48. The van der Waals surface area contributed by atoms with Crippen LogP contribution in [0.2, 0.25) is 0 Å². The van der Waals surface area contributed by atoms with Crippen molar-refractivity contribution in [1.29, 1.82) is 0 Å². The van der Waals surface area contributed by atoms with Gasteiger partial charge in [0.1, 0.15) is 0 Å². The van der Waals surface area contributed by atoms with E-state index >= 15 is 0 Å². The summed E-state index contributed by atoms with van der Waals surface area (Å²) in [7, 11) is 0. The zero-order valence-electron chi connectivity index (χ0n) is 7.85. The van der Waals surface area contributed by atoms with Gasteiger partial charge in [-0.15, -0.1) is 0 Å². The topological polar surface area (TPSA) is 3.24 Å². The van der Waals surface area contributed by atoms with Crippen molar-refractivity contribution in [3.8, 4) is 0 Å². The minimum absolute atomic E-state index is 0.861. The second-order valence-electron chi connectivity index (χ2n) is 3.00. The molecule has 0 aliphatic rings. The number of rotatable bonds is 5. The molecule has 0 aromatic carbocycles. The normalized spacial score (nSPS) is 14.1. The van der Waals surface area contributed by atoms with E-state index in [1.807, 2.05) is 0 Å². The molecule has 0 aromatic heterocycles. The van der Waals surface area contributed by atoms with Crippen molar-refractivity contribution in [2.24, 2.45) is 5.92 Å². The van der Waals surface area contributed by atoms with Gasteiger partial charge in [-0.1, -0.05) is 34.1 Å². The second-order valence-corrected chi connectivity index (χ2v) is 3.00. The second kappa shape index (κ2) is 5.72. The van der Waals surface area contributed by atoms with Gasteiger partial charge >= 0.3 is 0 Å². The molecule has 0 spiro atoms. The maximum Gasteiger partial charge on any atom is 0.000668 e. The van der Waals surface area contributed by atoms with E-state index in [1.54, 1.807) is 0 Å². The highest BCUT2D eigenvalue weighted by Gasteiger charge is 2.03. The summed E-state index contributed by atoms with van der Waals surface area (Å²) in [6.07, 6.45) is 1.30. The first-order valence-electron chi connectivity index (χ1n) is 4.46. The van der Waals surface area contributed by atoms with E-state index in [-0.39, 0.29) is 0 Å². The molecular formula is C9H21N. The zero-order chi connectivity index (χ0) is 7.98. The van der Waals surface area contributed by atoms with Crippen molar-refractivity contribution >= 4 is 0 Å². The third kappa shape index (κ3) is 3.89. The molecule has 0 heterocycles. The van der Waals surface area contributed by atoms with Gasteiger partial charge in [0.2, 0.25) is 0 Å². The van der Waals surface area contributed by atoms with Gasteiger partial charge in [-0.3, -0.25) is 0 Å². The first-order chi connectivity index (χ1) is 4.74. The summed E-state index contributed by atoms with van der Waals surface area (Å²) in [6, 6.07) is 0. The van der Waals surface area contributed by atoms with Crippen LogP contribution in [0.5, 0.6) is 0 Å². The van der Waals surface area contributed by atoms with Gasteiger partial charge in [0, 0.05) is 6.54 Å². The molecule has 62 valence electrons. The van der Waals surface area contributed by atoms with Crippen LogP contribution in [0.15, 0.2) is 0 Å². The van der Waals surface area contributed by atoms with E-state index in [0.717, 1.165) is 5.92 Å². The fourth-order valence-corrected chi connectivity index (χ4v) is 1.05. The van der Waals surface area contributed by atoms with E-state index in [0.29, 0.717) is 0 Å². The van der Waals surface area contributed by atoms with E-state index in [2.05, 4.69) is 32.6 Å². The fraction of sp³-hybridized carbons (Fsp3) is 1.00. The minimum atomic E-state index is 0.861. The Morgan fingerprint density at radius 1 is 1.10 bits per heavy atom. The molecule has 0 N–H and O–H groups in total. The van der Waals surface area contributed by atoms with Crippen molar-refractivity contribution in [1.82, 2.24) is 4.90 Å². The summed E-state index contributed by atoms with van der Waals surface area (Å²) in [5.41, 5.74) is 0. The van der Waals surface area contributed by atoms with Crippen LogP contribution in [-0.2, 0) is 0 Å². The molecule has 0 radical (unpaired) electrons. The molecule has 10 heavy (non-hydrogen) atoms. The lowest BCUT2D eigenvalue weighted by Gasteiger charge is -2.21. The van der Waals surface area contributed by atoms with Gasteiger partial charge in [0.25, 0.3) is 0 Å². The maximum atomic E-state index is 2.48. The van der Waals surface area contributed by atoms with Crippen LogP contribution in [0.1, 0.15) is 34.1 Å². The van der Waals surface area contributed by atoms with Gasteiger partial charge in [0.15, 0.2) is 0 Å². The molecule has 0 rings (SSSR count). The van der Waals surface area contributed by atoms with Gasteiger partial charge in [-0.2, -0.15) is 0 Å². The number of hydrogen-bond donors (Lipinski definition) is 0. The Balaban J connectivity index is 3.41. The van der Waals surface area contributed by atoms with E-state index in [9.17, 15) is 0 Å². The van der Waals surface area contributed by atoms with E-state index in [4.69, 9.17) is 0 Å². The lowest BCUT2D eigenvalue weighted by atomic mass is 10.1.